The van der Waals surface area contributed by atoms with Gasteiger partial charge in [0.2, 0.25) is 0 Å². The molecular weight excluding hydrogens is 192 g/mol. The molecule has 0 saturated heterocycles. The Morgan fingerprint density at radius 3 is 3.25 bits per heavy atom. The van der Waals surface area contributed by atoms with Gasteiger partial charge in [-0.1, -0.05) is 0 Å². The molecule has 0 aliphatic carbocycles. The summed E-state index contributed by atoms with van der Waals surface area (Å²) in [4.78, 5) is 10.7. The van der Waals surface area contributed by atoms with Crippen LogP contribution in [0.3, 0.4) is 0 Å². The molecule has 12 heavy (non-hydrogen) atoms. The number of fused-ring (bicyclic) bond motifs is 1. The molecule has 0 saturated carbocycles. The monoisotopic (exact) mass is 200 g/mol. The summed E-state index contributed by atoms with van der Waals surface area (Å²) in [5.41, 5.74) is 1.21. The normalized spacial score (nSPS) is 21.8. The average Bonchev–Trinajstić information content (AvgIpc) is 2.49. The van der Waals surface area contributed by atoms with Crippen LogP contribution in [0.15, 0.2) is 15.7 Å². The van der Waals surface area contributed by atoms with E-state index in [4.69, 9.17) is 5.11 Å². The molecule has 64 valence electrons. The number of hydrogen-bond acceptors (Lipinski definition) is 3. The lowest BCUT2D eigenvalue weighted by atomic mass is 10.0. The van der Waals surface area contributed by atoms with E-state index in [-0.39, 0.29) is 5.92 Å². The van der Waals surface area contributed by atoms with Crippen LogP contribution in [0.25, 0.3) is 0 Å². The summed E-state index contributed by atoms with van der Waals surface area (Å²) in [5, 5.41) is 10.8. The molecule has 0 spiro atoms. The summed E-state index contributed by atoms with van der Waals surface area (Å²) in [5.74, 6) is -0.125. The highest BCUT2D eigenvalue weighted by molar-refractivity contribution is 8.01. The number of hydrogen-bond donors (Lipinski definition) is 1. The maximum absolute atomic E-state index is 10.7. The minimum atomic E-state index is -0.667. The lowest BCUT2D eigenvalue weighted by Gasteiger charge is -2.17. The van der Waals surface area contributed by atoms with E-state index in [1.165, 1.54) is 9.77 Å². The first kappa shape index (κ1) is 8.13. The quantitative estimate of drug-likeness (QED) is 0.754. The lowest BCUT2D eigenvalue weighted by molar-refractivity contribution is -0.140. The van der Waals surface area contributed by atoms with E-state index in [9.17, 15) is 4.79 Å². The standard InChI is InChI=1S/C8H8O2S2/c9-7(10)6-3-5-1-2-11-8(5)12-4-6/h1-2,6H,3-4H2,(H,9,10). The molecule has 1 aromatic rings. The highest BCUT2D eigenvalue weighted by Gasteiger charge is 2.25. The molecule has 0 amide bonds. The molecule has 1 atom stereocenters. The van der Waals surface area contributed by atoms with Crippen LogP contribution in [0.2, 0.25) is 0 Å². The third-order valence-corrected chi connectivity index (χ3v) is 4.42. The minimum Gasteiger partial charge on any atom is -0.481 e. The summed E-state index contributed by atoms with van der Waals surface area (Å²) >= 11 is 3.38. The second-order valence-electron chi connectivity index (χ2n) is 2.78. The first-order chi connectivity index (χ1) is 5.77. The number of rotatable bonds is 1. The fraction of sp³-hybridized carbons (Fsp3) is 0.375. The Bertz CT molecular complexity index is 306. The van der Waals surface area contributed by atoms with Crippen molar-refractivity contribution in [3.63, 3.8) is 0 Å². The van der Waals surface area contributed by atoms with Gasteiger partial charge < -0.3 is 5.11 Å². The molecule has 0 fully saturated rings. The van der Waals surface area contributed by atoms with Crippen molar-refractivity contribution < 1.29 is 9.90 Å². The van der Waals surface area contributed by atoms with Gasteiger partial charge >= 0.3 is 5.97 Å². The Labute approximate surface area is 78.6 Å². The van der Waals surface area contributed by atoms with Crippen LogP contribution >= 0.6 is 23.1 Å². The first-order valence-corrected chi connectivity index (χ1v) is 5.56. The molecule has 2 rings (SSSR count). The molecule has 1 aliphatic rings. The van der Waals surface area contributed by atoms with Crippen LogP contribution < -0.4 is 0 Å². The molecule has 0 aromatic carbocycles. The van der Waals surface area contributed by atoms with E-state index in [0.29, 0.717) is 6.42 Å². The summed E-state index contributed by atoms with van der Waals surface area (Å²) < 4.78 is 1.30. The number of carbonyl (C=O) groups is 1. The van der Waals surface area contributed by atoms with Gasteiger partial charge in [-0.3, -0.25) is 4.79 Å². The molecule has 1 unspecified atom stereocenters. The molecule has 0 bridgehead atoms. The van der Waals surface area contributed by atoms with Crippen LogP contribution in [0.1, 0.15) is 5.56 Å². The Hall–Kier alpha value is -0.480. The molecule has 2 nitrogen and oxygen atoms in total. The number of aliphatic carboxylic acids is 1. The SMILES string of the molecule is O=C(O)C1CSc2sccc2C1. The molecule has 1 aromatic heterocycles. The van der Waals surface area contributed by atoms with Crippen LogP contribution in [-0.2, 0) is 11.2 Å². The number of thioether (sulfide) groups is 1. The predicted octanol–water partition coefficient (Wildman–Crippen LogP) is 2.10. The molecule has 1 N–H and O–H groups in total. The summed E-state index contributed by atoms with van der Waals surface area (Å²) in [6, 6.07) is 2.03. The van der Waals surface area contributed by atoms with Crippen LogP contribution in [-0.4, -0.2) is 16.8 Å². The van der Waals surface area contributed by atoms with Gasteiger partial charge in [0.1, 0.15) is 0 Å². The Kier molecular flexibility index (Phi) is 2.11. The van der Waals surface area contributed by atoms with Crippen molar-refractivity contribution in [2.75, 3.05) is 5.75 Å². The molecule has 0 radical (unpaired) electrons. The topological polar surface area (TPSA) is 37.3 Å². The zero-order chi connectivity index (χ0) is 8.55. The van der Waals surface area contributed by atoms with Crippen molar-refractivity contribution in [1.82, 2.24) is 0 Å². The largest absolute Gasteiger partial charge is 0.481 e. The van der Waals surface area contributed by atoms with Crippen molar-refractivity contribution in [3.8, 4) is 0 Å². The molecule has 4 heteroatoms. The van der Waals surface area contributed by atoms with Gasteiger partial charge in [0.15, 0.2) is 0 Å². The lowest BCUT2D eigenvalue weighted by Crippen LogP contribution is -2.21. The van der Waals surface area contributed by atoms with Gasteiger partial charge in [0, 0.05) is 5.75 Å². The van der Waals surface area contributed by atoms with Crippen molar-refractivity contribution in [1.29, 1.82) is 0 Å². The average molecular weight is 200 g/mol. The van der Waals surface area contributed by atoms with Gasteiger partial charge in [-0.25, -0.2) is 0 Å². The van der Waals surface area contributed by atoms with Crippen molar-refractivity contribution >= 4 is 29.1 Å². The van der Waals surface area contributed by atoms with E-state index < -0.39 is 5.97 Å². The van der Waals surface area contributed by atoms with Gasteiger partial charge in [0.25, 0.3) is 0 Å². The van der Waals surface area contributed by atoms with E-state index in [1.54, 1.807) is 23.1 Å². The van der Waals surface area contributed by atoms with Gasteiger partial charge in [-0.15, -0.1) is 23.1 Å². The Balaban J connectivity index is 2.20. The zero-order valence-corrected chi connectivity index (χ0v) is 7.95. The second kappa shape index (κ2) is 3.11. The summed E-state index contributed by atoms with van der Waals surface area (Å²) in [7, 11) is 0. The molecule has 1 aliphatic heterocycles. The fourth-order valence-electron chi connectivity index (χ4n) is 1.26. The third kappa shape index (κ3) is 1.36. The Morgan fingerprint density at radius 1 is 1.67 bits per heavy atom. The predicted molar refractivity (Wildman–Crippen MR) is 49.9 cm³/mol. The first-order valence-electron chi connectivity index (χ1n) is 3.69. The highest BCUT2D eigenvalue weighted by atomic mass is 32.2. The Morgan fingerprint density at radius 2 is 2.50 bits per heavy atom. The van der Waals surface area contributed by atoms with Crippen molar-refractivity contribution in [2.45, 2.75) is 10.6 Å². The van der Waals surface area contributed by atoms with Gasteiger partial charge in [-0.05, 0) is 23.4 Å². The zero-order valence-electron chi connectivity index (χ0n) is 6.32. The third-order valence-electron chi connectivity index (χ3n) is 1.94. The number of carboxylic acid groups (broad SMARTS) is 1. The molecule has 2 heterocycles. The van der Waals surface area contributed by atoms with Crippen LogP contribution in [0, 0.1) is 5.92 Å². The van der Waals surface area contributed by atoms with Crippen molar-refractivity contribution in [3.05, 3.63) is 17.0 Å². The van der Waals surface area contributed by atoms with E-state index in [1.807, 2.05) is 11.4 Å². The smallest absolute Gasteiger partial charge is 0.307 e. The highest BCUT2D eigenvalue weighted by Crippen LogP contribution is 2.36. The summed E-state index contributed by atoms with van der Waals surface area (Å²) in [6.07, 6.45) is 0.709. The van der Waals surface area contributed by atoms with Crippen molar-refractivity contribution in [2.24, 2.45) is 5.92 Å². The number of carboxylic acids is 1. The van der Waals surface area contributed by atoms with Gasteiger partial charge in [0.05, 0.1) is 10.1 Å². The summed E-state index contributed by atoms with van der Waals surface area (Å²) in [6.45, 7) is 0. The van der Waals surface area contributed by atoms with E-state index >= 15 is 0 Å². The van der Waals surface area contributed by atoms with E-state index in [0.717, 1.165) is 5.75 Å². The van der Waals surface area contributed by atoms with Crippen LogP contribution in [0.5, 0.6) is 0 Å². The fourth-order valence-corrected chi connectivity index (χ4v) is 3.51. The van der Waals surface area contributed by atoms with Crippen LogP contribution in [0.4, 0.5) is 0 Å². The minimum absolute atomic E-state index is 0.183. The van der Waals surface area contributed by atoms with Gasteiger partial charge in [-0.2, -0.15) is 0 Å². The maximum atomic E-state index is 10.7. The maximum Gasteiger partial charge on any atom is 0.307 e. The number of thiophene rings is 1. The second-order valence-corrected chi connectivity index (χ2v) is 4.99. The molecular formula is C8H8O2S2. The van der Waals surface area contributed by atoms with E-state index in [2.05, 4.69) is 0 Å².